The standard InChI is InChI=1S/C15H12BrI2N3OS/c16-11-3-1-9(2-4-11)8-22-14-12(17)5-10(6-13(14)18)7-20-21-15(19)23/h1-7H,8H2,(H3,19,21,23)/b20-7-. The molecule has 0 aromatic heterocycles. The topological polar surface area (TPSA) is 59.6 Å². The maximum atomic E-state index is 5.96. The van der Waals surface area contributed by atoms with Crippen LogP contribution in [0.15, 0.2) is 46.0 Å². The highest BCUT2D eigenvalue weighted by atomic mass is 127. The van der Waals surface area contributed by atoms with Crippen molar-refractivity contribution in [3.05, 3.63) is 59.1 Å². The monoisotopic (exact) mass is 615 g/mol. The number of rotatable bonds is 5. The van der Waals surface area contributed by atoms with Crippen LogP contribution in [0, 0.1) is 7.14 Å². The summed E-state index contributed by atoms with van der Waals surface area (Å²) in [6.07, 6.45) is 1.67. The van der Waals surface area contributed by atoms with Crippen LogP contribution in [0.25, 0.3) is 0 Å². The number of hydrazone groups is 1. The van der Waals surface area contributed by atoms with Crippen molar-refractivity contribution in [2.24, 2.45) is 10.8 Å². The third kappa shape index (κ3) is 6.16. The number of hydrogen-bond acceptors (Lipinski definition) is 3. The largest absolute Gasteiger partial charge is 0.487 e. The Bertz CT molecular complexity index is 715. The number of ether oxygens (including phenoxy) is 1. The van der Waals surface area contributed by atoms with Gasteiger partial charge in [-0.2, -0.15) is 5.10 Å². The average molecular weight is 616 g/mol. The lowest BCUT2D eigenvalue weighted by molar-refractivity contribution is 0.301. The number of thiocarbonyl (C=S) groups is 1. The molecule has 120 valence electrons. The maximum absolute atomic E-state index is 5.96. The number of nitrogens with two attached hydrogens (primary N) is 1. The second-order valence-electron chi connectivity index (χ2n) is 4.46. The fourth-order valence-corrected chi connectivity index (χ4v) is 4.14. The molecule has 4 nitrogen and oxygen atoms in total. The number of nitrogens with one attached hydrogen (secondary N) is 1. The molecule has 2 aromatic carbocycles. The van der Waals surface area contributed by atoms with Crippen LogP contribution in [0.1, 0.15) is 11.1 Å². The minimum atomic E-state index is 0.139. The van der Waals surface area contributed by atoms with Crippen LogP contribution in [0.2, 0.25) is 0 Å². The molecule has 2 aromatic rings. The predicted octanol–water partition coefficient (Wildman–Crippen LogP) is 4.40. The summed E-state index contributed by atoms with van der Waals surface area (Å²) in [5.41, 5.74) is 9.92. The molecular weight excluding hydrogens is 604 g/mol. The minimum absolute atomic E-state index is 0.139. The first-order chi connectivity index (χ1) is 11.0. The van der Waals surface area contributed by atoms with E-state index in [0.717, 1.165) is 28.5 Å². The van der Waals surface area contributed by atoms with Crippen LogP contribution in [0.5, 0.6) is 5.75 Å². The van der Waals surface area contributed by atoms with Crippen LogP contribution in [0.3, 0.4) is 0 Å². The van der Waals surface area contributed by atoms with E-state index in [1.807, 2.05) is 36.4 Å². The molecule has 0 aliphatic heterocycles. The quantitative estimate of drug-likeness (QED) is 0.227. The summed E-state index contributed by atoms with van der Waals surface area (Å²) in [7, 11) is 0. The summed E-state index contributed by atoms with van der Waals surface area (Å²) in [6.45, 7) is 0.524. The molecule has 0 radical (unpaired) electrons. The highest BCUT2D eigenvalue weighted by Crippen LogP contribution is 2.29. The molecular formula is C15H12BrI2N3OS. The van der Waals surface area contributed by atoms with Crippen molar-refractivity contribution >= 4 is 84.7 Å². The first-order valence-corrected chi connectivity index (χ1v) is 9.76. The molecule has 0 fully saturated rings. The lowest BCUT2D eigenvalue weighted by atomic mass is 10.2. The number of halogens is 3. The maximum Gasteiger partial charge on any atom is 0.184 e. The molecule has 0 spiro atoms. The molecule has 0 saturated heterocycles. The third-order valence-corrected chi connectivity index (χ3v) is 4.93. The van der Waals surface area contributed by atoms with Gasteiger partial charge in [-0.05, 0) is 92.8 Å². The van der Waals surface area contributed by atoms with E-state index in [1.165, 1.54) is 0 Å². The summed E-state index contributed by atoms with van der Waals surface area (Å²) in [4.78, 5) is 0. The molecule has 0 saturated carbocycles. The van der Waals surface area contributed by atoms with Crippen LogP contribution in [-0.2, 0) is 6.61 Å². The Kier molecular flexibility index (Phi) is 7.50. The zero-order valence-electron chi connectivity index (χ0n) is 11.7. The van der Waals surface area contributed by atoms with Crippen molar-refractivity contribution in [1.29, 1.82) is 0 Å². The number of hydrogen-bond donors (Lipinski definition) is 2. The highest BCUT2D eigenvalue weighted by molar-refractivity contribution is 14.1. The Morgan fingerprint density at radius 2 is 1.87 bits per heavy atom. The van der Waals surface area contributed by atoms with E-state index in [0.29, 0.717) is 6.61 Å². The fraction of sp³-hybridized carbons (Fsp3) is 0.0667. The lowest BCUT2D eigenvalue weighted by Gasteiger charge is -2.11. The molecule has 8 heteroatoms. The minimum Gasteiger partial charge on any atom is -0.487 e. The van der Waals surface area contributed by atoms with Gasteiger partial charge in [0, 0.05) is 4.47 Å². The van der Waals surface area contributed by atoms with Crippen LogP contribution >= 0.6 is 73.3 Å². The van der Waals surface area contributed by atoms with Crippen molar-refractivity contribution in [3.8, 4) is 5.75 Å². The summed E-state index contributed by atoms with van der Waals surface area (Å²) >= 11 is 12.6. The molecule has 0 aliphatic carbocycles. The van der Waals surface area contributed by atoms with E-state index in [2.05, 4.69) is 71.6 Å². The van der Waals surface area contributed by atoms with E-state index in [4.69, 9.17) is 22.7 Å². The van der Waals surface area contributed by atoms with E-state index in [9.17, 15) is 0 Å². The van der Waals surface area contributed by atoms with Crippen LogP contribution in [0.4, 0.5) is 0 Å². The zero-order chi connectivity index (χ0) is 16.8. The number of benzene rings is 2. The van der Waals surface area contributed by atoms with Gasteiger partial charge in [-0.15, -0.1) is 0 Å². The van der Waals surface area contributed by atoms with Gasteiger partial charge in [0.25, 0.3) is 0 Å². The van der Waals surface area contributed by atoms with Crippen molar-refractivity contribution < 1.29 is 4.74 Å². The molecule has 0 amide bonds. The van der Waals surface area contributed by atoms with Gasteiger partial charge in [-0.1, -0.05) is 28.1 Å². The van der Waals surface area contributed by atoms with Gasteiger partial charge in [0.1, 0.15) is 12.4 Å². The first-order valence-electron chi connectivity index (χ1n) is 6.40. The highest BCUT2D eigenvalue weighted by Gasteiger charge is 2.09. The second-order valence-corrected chi connectivity index (χ2v) is 8.14. The number of nitrogens with zero attached hydrogens (tertiary/aromatic N) is 1. The zero-order valence-corrected chi connectivity index (χ0v) is 18.4. The summed E-state index contributed by atoms with van der Waals surface area (Å²) in [6, 6.07) is 12.1. The third-order valence-electron chi connectivity index (χ3n) is 2.71. The van der Waals surface area contributed by atoms with E-state index in [-0.39, 0.29) is 5.11 Å². The van der Waals surface area contributed by atoms with Gasteiger partial charge in [-0.25, -0.2) is 0 Å². The van der Waals surface area contributed by atoms with Gasteiger partial charge in [0.15, 0.2) is 5.11 Å². The lowest BCUT2D eigenvalue weighted by Crippen LogP contribution is -2.24. The van der Waals surface area contributed by atoms with Crippen molar-refractivity contribution in [2.75, 3.05) is 0 Å². The molecule has 0 heterocycles. The summed E-state index contributed by atoms with van der Waals surface area (Å²) in [5, 5.41) is 4.10. The Labute approximate surface area is 175 Å². The fourth-order valence-electron chi connectivity index (χ4n) is 1.70. The Morgan fingerprint density at radius 3 is 2.43 bits per heavy atom. The SMILES string of the molecule is NC(=S)N/N=C\c1cc(I)c(OCc2ccc(Br)cc2)c(I)c1. The Morgan fingerprint density at radius 1 is 1.26 bits per heavy atom. The molecule has 2 rings (SSSR count). The second kappa shape index (κ2) is 9.14. The summed E-state index contributed by atoms with van der Waals surface area (Å²) in [5.74, 6) is 0.869. The van der Waals surface area contributed by atoms with Gasteiger partial charge >= 0.3 is 0 Å². The average Bonchev–Trinajstić information content (AvgIpc) is 2.48. The molecule has 0 aliphatic rings. The molecule has 23 heavy (non-hydrogen) atoms. The molecule has 0 bridgehead atoms. The van der Waals surface area contributed by atoms with Crippen molar-refractivity contribution in [2.45, 2.75) is 6.61 Å². The van der Waals surface area contributed by atoms with Gasteiger partial charge in [-0.3, -0.25) is 5.43 Å². The van der Waals surface area contributed by atoms with E-state index in [1.54, 1.807) is 6.21 Å². The van der Waals surface area contributed by atoms with E-state index < -0.39 is 0 Å². The van der Waals surface area contributed by atoms with Crippen molar-refractivity contribution in [3.63, 3.8) is 0 Å². The predicted molar refractivity (Wildman–Crippen MR) is 118 cm³/mol. The molecule has 0 atom stereocenters. The van der Waals surface area contributed by atoms with Gasteiger partial charge in [0.05, 0.1) is 13.4 Å². The van der Waals surface area contributed by atoms with Gasteiger partial charge in [0.2, 0.25) is 0 Å². The van der Waals surface area contributed by atoms with E-state index >= 15 is 0 Å². The smallest absolute Gasteiger partial charge is 0.184 e. The summed E-state index contributed by atoms with van der Waals surface area (Å²) < 4.78 is 9.05. The van der Waals surface area contributed by atoms with Crippen LogP contribution < -0.4 is 15.9 Å². The van der Waals surface area contributed by atoms with Crippen molar-refractivity contribution in [1.82, 2.24) is 5.43 Å². The molecule has 0 unspecified atom stereocenters. The Hall–Kier alpha value is -0.460. The molecule has 3 N–H and O–H groups in total. The normalized spacial score (nSPS) is 10.7. The van der Waals surface area contributed by atoms with Crippen LogP contribution in [-0.4, -0.2) is 11.3 Å². The first kappa shape index (κ1) is 18.9. The van der Waals surface area contributed by atoms with Gasteiger partial charge < -0.3 is 10.5 Å². The Balaban J connectivity index is 2.09.